The van der Waals surface area contributed by atoms with E-state index in [1.807, 2.05) is 55.6 Å². The van der Waals surface area contributed by atoms with Crippen molar-refractivity contribution in [3.63, 3.8) is 0 Å². The molecule has 0 fully saturated rings. The van der Waals surface area contributed by atoms with E-state index < -0.39 is 5.97 Å². The summed E-state index contributed by atoms with van der Waals surface area (Å²) in [6, 6.07) is 18.1. The van der Waals surface area contributed by atoms with Crippen LogP contribution in [0.15, 0.2) is 65.7 Å². The number of thioether (sulfide) groups is 1. The van der Waals surface area contributed by atoms with Crippen molar-refractivity contribution in [2.45, 2.75) is 69.6 Å². The Labute approximate surface area is 217 Å². The molecular weight excluding hydrogens is 468 g/mol. The molecule has 0 radical (unpaired) electrons. The van der Waals surface area contributed by atoms with E-state index in [4.69, 9.17) is 4.74 Å². The van der Waals surface area contributed by atoms with Crippen LogP contribution < -0.4 is 4.74 Å². The fourth-order valence-corrected chi connectivity index (χ4v) is 5.71. The topological polar surface area (TPSA) is 75.2 Å². The maximum Gasteiger partial charge on any atom is 0.304 e. The van der Waals surface area contributed by atoms with Crippen molar-refractivity contribution in [2.24, 2.45) is 0 Å². The number of fused-ring (bicyclic) bond motifs is 1. The number of carboxylic acids is 1. The Balaban J connectivity index is 1.77. The van der Waals surface area contributed by atoms with Gasteiger partial charge in [0.1, 0.15) is 12.4 Å². The molecule has 0 bridgehead atoms. The van der Waals surface area contributed by atoms with Crippen LogP contribution in [-0.4, -0.2) is 25.8 Å². The van der Waals surface area contributed by atoms with Gasteiger partial charge >= 0.3 is 5.97 Å². The van der Waals surface area contributed by atoms with E-state index in [1.165, 1.54) is 0 Å². The maximum atomic E-state index is 11.9. The third-order valence-electron chi connectivity index (χ3n) is 6.07. The molecule has 2 aromatic carbocycles. The molecular formula is C30H34N2O3S. The second kappa shape index (κ2) is 10.8. The molecule has 0 saturated heterocycles. The van der Waals surface area contributed by atoms with Crippen LogP contribution in [0.25, 0.3) is 10.9 Å². The van der Waals surface area contributed by atoms with Crippen molar-refractivity contribution in [1.29, 1.82) is 0 Å². The Bertz CT molecular complexity index is 1340. The van der Waals surface area contributed by atoms with Crippen molar-refractivity contribution in [1.82, 2.24) is 9.97 Å². The molecule has 6 heteroatoms. The number of rotatable bonds is 9. The number of pyridine rings is 1. The maximum absolute atomic E-state index is 11.9. The molecule has 0 saturated carbocycles. The number of carbonyl (C=O) groups is 1. The second-order valence-corrected chi connectivity index (χ2v) is 12.1. The Hall–Kier alpha value is -3.25. The zero-order valence-corrected chi connectivity index (χ0v) is 22.4. The minimum absolute atomic E-state index is 0.0560. The van der Waals surface area contributed by atoms with Crippen molar-refractivity contribution in [2.75, 3.05) is 0 Å². The van der Waals surface area contributed by atoms with Crippen molar-refractivity contribution in [3.8, 4) is 5.75 Å². The molecule has 1 unspecified atom stereocenters. The van der Waals surface area contributed by atoms with Gasteiger partial charge in [-0.3, -0.25) is 9.78 Å². The second-order valence-electron chi connectivity index (χ2n) is 10.3. The van der Waals surface area contributed by atoms with Gasteiger partial charge in [0, 0.05) is 43.9 Å². The van der Waals surface area contributed by atoms with Gasteiger partial charge in [0.05, 0.1) is 12.1 Å². The highest BCUT2D eigenvalue weighted by molar-refractivity contribution is 8.00. The van der Waals surface area contributed by atoms with E-state index in [0.29, 0.717) is 13.0 Å². The molecule has 0 aliphatic rings. The monoisotopic (exact) mass is 502 g/mol. The van der Waals surface area contributed by atoms with Crippen molar-refractivity contribution in [3.05, 3.63) is 88.9 Å². The third-order valence-corrected chi connectivity index (χ3v) is 7.31. The average Bonchev–Trinajstić information content (AvgIpc) is 3.17. The SMILES string of the molecule is Cc1ccc(COc2ccc3[nH]c(C(CC(=O)O)Cc4ccccc4)c(SC(C)(C)C)c3c2C)nc1. The summed E-state index contributed by atoms with van der Waals surface area (Å²) in [5.74, 6) is -0.167. The van der Waals surface area contributed by atoms with Gasteiger partial charge in [-0.2, -0.15) is 0 Å². The highest BCUT2D eigenvalue weighted by Crippen LogP contribution is 2.45. The van der Waals surface area contributed by atoms with Gasteiger partial charge in [0.25, 0.3) is 0 Å². The number of aryl methyl sites for hydroxylation is 2. The summed E-state index contributed by atoms with van der Waals surface area (Å²) >= 11 is 1.78. The van der Waals surface area contributed by atoms with Crippen molar-refractivity contribution >= 4 is 28.6 Å². The van der Waals surface area contributed by atoms with E-state index in [9.17, 15) is 9.90 Å². The summed E-state index contributed by atoms with van der Waals surface area (Å²) < 4.78 is 6.15. The first-order chi connectivity index (χ1) is 17.1. The van der Waals surface area contributed by atoms with E-state index in [0.717, 1.165) is 49.6 Å². The lowest BCUT2D eigenvalue weighted by molar-refractivity contribution is -0.137. The first kappa shape index (κ1) is 25.8. The van der Waals surface area contributed by atoms with Crippen LogP contribution >= 0.6 is 11.8 Å². The van der Waals surface area contributed by atoms with Gasteiger partial charge in [0.2, 0.25) is 0 Å². The molecule has 0 spiro atoms. The van der Waals surface area contributed by atoms with Gasteiger partial charge in [-0.15, -0.1) is 11.8 Å². The highest BCUT2D eigenvalue weighted by Gasteiger charge is 2.27. The lowest BCUT2D eigenvalue weighted by Crippen LogP contribution is -2.13. The molecule has 0 amide bonds. The smallest absolute Gasteiger partial charge is 0.304 e. The fourth-order valence-electron chi connectivity index (χ4n) is 4.40. The number of aromatic amines is 1. The van der Waals surface area contributed by atoms with E-state index >= 15 is 0 Å². The van der Waals surface area contributed by atoms with Crippen LogP contribution in [-0.2, 0) is 17.8 Å². The molecule has 0 aliphatic heterocycles. The Morgan fingerprint density at radius 2 is 1.83 bits per heavy atom. The van der Waals surface area contributed by atoms with Gasteiger partial charge < -0.3 is 14.8 Å². The first-order valence-corrected chi connectivity index (χ1v) is 13.1. The zero-order valence-electron chi connectivity index (χ0n) is 21.6. The van der Waals surface area contributed by atoms with Crippen LogP contribution in [0, 0.1) is 13.8 Å². The van der Waals surface area contributed by atoms with Crippen LogP contribution in [0.3, 0.4) is 0 Å². The number of nitrogens with one attached hydrogen (secondary N) is 1. The summed E-state index contributed by atoms with van der Waals surface area (Å²) in [5.41, 5.74) is 6.15. The summed E-state index contributed by atoms with van der Waals surface area (Å²) in [4.78, 5) is 21.1. The van der Waals surface area contributed by atoms with E-state index in [-0.39, 0.29) is 17.1 Å². The molecule has 36 heavy (non-hydrogen) atoms. The minimum atomic E-state index is -0.798. The molecule has 5 nitrogen and oxygen atoms in total. The number of aliphatic carboxylic acids is 1. The summed E-state index contributed by atoms with van der Waals surface area (Å²) in [7, 11) is 0. The summed E-state index contributed by atoms with van der Waals surface area (Å²) in [6.45, 7) is 11.0. The van der Waals surface area contributed by atoms with Crippen LogP contribution in [0.1, 0.15) is 61.2 Å². The molecule has 0 aliphatic carbocycles. The molecule has 2 N–H and O–H groups in total. The van der Waals surface area contributed by atoms with E-state index in [2.05, 4.69) is 49.8 Å². The number of hydrogen-bond donors (Lipinski definition) is 2. The predicted molar refractivity (Wildman–Crippen MR) is 147 cm³/mol. The molecule has 2 aromatic heterocycles. The highest BCUT2D eigenvalue weighted by atomic mass is 32.2. The summed E-state index contributed by atoms with van der Waals surface area (Å²) in [6.07, 6.45) is 2.56. The largest absolute Gasteiger partial charge is 0.487 e. The Morgan fingerprint density at radius 1 is 1.08 bits per heavy atom. The molecule has 4 aromatic rings. The third kappa shape index (κ3) is 6.30. The van der Waals surface area contributed by atoms with Gasteiger partial charge in [-0.05, 0) is 49.6 Å². The quantitative estimate of drug-likeness (QED) is 0.233. The Morgan fingerprint density at radius 3 is 2.47 bits per heavy atom. The number of H-pyrrole nitrogens is 1. The lowest BCUT2D eigenvalue weighted by atomic mass is 9.93. The molecule has 2 heterocycles. The number of benzene rings is 2. The van der Waals surface area contributed by atoms with Crippen LogP contribution in [0.4, 0.5) is 0 Å². The average molecular weight is 503 g/mol. The molecule has 1 atom stereocenters. The van der Waals surface area contributed by atoms with Gasteiger partial charge in [-0.25, -0.2) is 0 Å². The van der Waals surface area contributed by atoms with Gasteiger partial charge in [0.15, 0.2) is 0 Å². The normalized spacial score (nSPS) is 12.6. The molecule has 4 rings (SSSR count). The predicted octanol–water partition coefficient (Wildman–Crippen LogP) is 7.45. The summed E-state index contributed by atoms with van der Waals surface area (Å²) in [5, 5.41) is 10.9. The zero-order chi connectivity index (χ0) is 25.9. The lowest BCUT2D eigenvalue weighted by Gasteiger charge is -2.22. The van der Waals surface area contributed by atoms with Crippen molar-refractivity contribution < 1.29 is 14.6 Å². The number of carboxylic acid groups (broad SMARTS) is 1. The minimum Gasteiger partial charge on any atom is -0.487 e. The Kier molecular flexibility index (Phi) is 7.74. The van der Waals surface area contributed by atoms with Gasteiger partial charge in [-0.1, -0.05) is 57.2 Å². The first-order valence-electron chi connectivity index (χ1n) is 12.2. The number of hydrogen-bond acceptors (Lipinski definition) is 4. The standard InChI is InChI=1S/C30H34N2O3S/c1-19-11-12-23(31-17-19)18-35-25-14-13-24-27(20(25)2)29(36-30(3,4)5)28(32-24)22(16-26(33)34)15-21-9-7-6-8-10-21/h6-14,17,22,32H,15-16,18H2,1-5H3,(H,33,34). The van der Waals surface area contributed by atoms with Crippen LogP contribution in [0.2, 0.25) is 0 Å². The number of ether oxygens (including phenoxy) is 1. The van der Waals surface area contributed by atoms with E-state index in [1.54, 1.807) is 11.8 Å². The van der Waals surface area contributed by atoms with Crippen LogP contribution in [0.5, 0.6) is 5.75 Å². The molecule has 188 valence electrons. The number of nitrogens with zero attached hydrogens (tertiary/aromatic N) is 1. The fraction of sp³-hybridized carbons (Fsp3) is 0.333. The number of aromatic nitrogens is 2.